The van der Waals surface area contributed by atoms with Gasteiger partial charge >= 0.3 is 0 Å². The second-order valence-corrected chi connectivity index (χ2v) is 6.14. The van der Waals surface area contributed by atoms with Crippen LogP contribution in [0.3, 0.4) is 0 Å². The number of hydrogen-bond acceptors (Lipinski definition) is 6. The first-order valence-corrected chi connectivity index (χ1v) is 8.23. The average Bonchev–Trinajstić information content (AvgIpc) is 3.23. The molecule has 1 aliphatic heterocycles. The normalized spacial score (nSPS) is 16.1. The van der Waals surface area contributed by atoms with Gasteiger partial charge in [-0.1, -0.05) is 5.16 Å². The fourth-order valence-electron chi connectivity index (χ4n) is 2.57. The maximum absolute atomic E-state index is 12.1. The summed E-state index contributed by atoms with van der Waals surface area (Å²) in [5.41, 5.74) is 0. The number of likely N-dealkylation sites (tertiary alicyclic amines) is 1. The molecule has 1 saturated heterocycles. The number of aromatic nitrogens is 3. The summed E-state index contributed by atoms with van der Waals surface area (Å²) in [5.74, 6) is 1.34. The van der Waals surface area contributed by atoms with E-state index in [1.165, 1.54) is 11.3 Å². The fourth-order valence-corrected chi connectivity index (χ4v) is 3.13. The van der Waals surface area contributed by atoms with Gasteiger partial charge in [0.05, 0.1) is 6.67 Å². The molecule has 1 aliphatic rings. The van der Waals surface area contributed by atoms with Crippen molar-refractivity contribution in [2.75, 3.05) is 19.8 Å². The number of hydrogen-bond donors (Lipinski definition) is 0. The highest BCUT2D eigenvalue weighted by Gasteiger charge is 2.27. The van der Waals surface area contributed by atoms with E-state index < -0.39 is 6.67 Å². The Morgan fingerprint density at radius 2 is 2.27 bits per heavy atom. The van der Waals surface area contributed by atoms with Crippen LogP contribution in [-0.4, -0.2) is 45.7 Å². The van der Waals surface area contributed by atoms with E-state index in [0.717, 1.165) is 17.8 Å². The molecule has 8 heteroatoms. The highest BCUT2D eigenvalue weighted by molar-refractivity contribution is 7.12. The van der Waals surface area contributed by atoms with Crippen LogP contribution in [0.5, 0.6) is 0 Å². The lowest BCUT2D eigenvalue weighted by Gasteiger charge is -2.30. The summed E-state index contributed by atoms with van der Waals surface area (Å²) in [6.07, 6.45) is 3.88. The van der Waals surface area contributed by atoms with Crippen molar-refractivity contribution in [2.45, 2.75) is 31.6 Å². The van der Waals surface area contributed by atoms with E-state index in [1.807, 2.05) is 5.38 Å². The minimum Gasteiger partial charge on any atom is -0.343 e. The lowest BCUT2D eigenvalue weighted by atomic mass is 9.96. The Labute approximate surface area is 131 Å². The Morgan fingerprint density at radius 3 is 2.95 bits per heavy atom. The van der Waals surface area contributed by atoms with Crippen LogP contribution >= 0.6 is 11.3 Å². The zero-order valence-corrected chi connectivity index (χ0v) is 12.9. The number of nitrogens with zero attached hydrogens (tertiary/aromatic N) is 4. The predicted octanol–water partition coefficient (Wildman–Crippen LogP) is 2.65. The quantitative estimate of drug-likeness (QED) is 0.845. The van der Waals surface area contributed by atoms with Crippen molar-refractivity contribution in [1.82, 2.24) is 20.0 Å². The molecule has 3 rings (SSSR count). The number of alkyl halides is 1. The van der Waals surface area contributed by atoms with Gasteiger partial charge in [-0.3, -0.25) is 9.18 Å². The molecule has 0 saturated carbocycles. The molecule has 118 valence electrons. The van der Waals surface area contributed by atoms with Crippen LogP contribution in [0.25, 0.3) is 10.8 Å². The number of amides is 1. The second kappa shape index (κ2) is 6.95. The monoisotopic (exact) mass is 324 g/mol. The van der Waals surface area contributed by atoms with Gasteiger partial charge < -0.3 is 9.42 Å². The van der Waals surface area contributed by atoms with Gasteiger partial charge in [0, 0.05) is 37.0 Å². The van der Waals surface area contributed by atoms with Gasteiger partial charge in [0.15, 0.2) is 5.01 Å². The van der Waals surface area contributed by atoms with E-state index in [-0.39, 0.29) is 18.2 Å². The van der Waals surface area contributed by atoms with Gasteiger partial charge in [0.25, 0.3) is 0 Å². The van der Waals surface area contributed by atoms with Crippen molar-refractivity contribution >= 4 is 17.2 Å². The first kappa shape index (κ1) is 15.1. The molecule has 0 bridgehead atoms. The molecule has 0 unspecified atom stereocenters. The van der Waals surface area contributed by atoms with Gasteiger partial charge in [-0.25, -0.2) is 4.98 Å². The first-order chi connectivity index (χ1) is 10.8. The molecule has 0 radical (unpaired) electrons. The molecule has 2 aromatic heterocycles. The van der Waals surface area contributed by atoms with Crippen molar-refractivity contribution in [3.8, 4) is 10.8 Å². The zero-order chi connectivity index (χ0) is 15.4. The fraction of sp³-hybridized carbons (Fsp3) is 0.571. The number of piperidine rings is 1. The van der Waals surface area contributed by atoms with Crippen LogP contribution < -0.4 is 0 Å². The van der Waals surface area contributed by atoms with Crippen LogP contribution in [0.15, 0.2) is 16.1 Å². The SMILES string of the molecule is O=C(CCCF)N1CCC(c2nc(-c3nccs3)no2)CC1. The van der Waals surface area contributed by atoms with Crippen molar-refractivity contribution in [3.05, 3.63) is 17.5 Å². The maximum atomic E-state index is 12.1. The Kier molecular flexibility index (Phi) is 4.77. The van der Waals surface area contributed by atoms with Crippen molar-refractivity contribution in [3.63, 3.8) is 0 Å². The number of thiazole rings is 1. The van der Waals surface area contributed by atoms with E-state index in [9.17, 15) is 9.18 Å². The molecule has 1 fully saturated rings. The van der Waals surface area contributed by atoms with Gasteiger partial charge in [0.1, 0.15) is 0 Å². The lowest BCUT2D eigenvalue weighted by Crippen LogP contribution is -2.37. The molecule has 0 atom stereocenters. The largest absolute Gasteiger partial charge is 0.343 e. The highest BCUT2D eigenvalue weighted by atomic mass is 32.1. The summed E-state index contributed by atoms with van der Waals surface area (Å²) in [4.78, 5) is 22.2. The van der Waals surface area contributed by atoms with Crippen molar-refractivity contribution < 1.29 is 13.7 Å². The molecule has 1 amide bonds. The third-order valence-corrected chi connectivity index (χ3v) is 4.56. The summed E-state index contributed by atoms with van der Waals surface area (Å²) in [5, 5.41) is 6.58. The van der Waals surface area contributed by atoms with Gasteiger partial charge in [-0.2, -0.15) is 4.98 Å². The van der Waals surface area contributed by atoms with Crippen molar-refractivity contribution in [2.24, 2.45) is 0 Å². The average molecular weight is 324 g/mol. The van der Waals surface area contributed by atoms with E-state index >= 15 is 0 Å². The topological polar surface area (TPSA) is 72.1 Å². The van der Waals surface area contributed by atoms with Crippen LogP contribution in [0, 0.1) is 0 Å². The lowest BCUT2D eigenvalue weighted by molar-refractivity contribution is -0.132. The standard InChI is InChI=1S/C14H17FN4O2S/c15-5-1-2-11(20)19-7-3-10(4-8-19)13-17-12(18-21-13)14-16-6-9-22-14/h6,9-10H,1-5,7-8H2. The molecule has 0 aliphatic carbocycles. The third-order valence-electron chi connectivity index (χ3n) is 3.79. The number of carbonyl (C=O) groups excluding carboxylic acids is 1. The number of halogens is 1. The summed E-state index contributed by atoms with van der Waals surface area (Å²) >= 11 is 1.47. The van der Waals surface area contributed by atoms with Crippen LogP contribution in [0.1, 0.15) is 37.5 Å². The highest BCUT2D eigenvalue weighted by Crippen LogP contribution is 2.29. The number of rotatable bonds is 5. The Bertz CT molecular complexity index is 608. The predicted molar refractivity (Wildman–Crippen MR) is 79.2 cm³/mol. The Balaban J connectivity index is 1.56. The molecule has 0 N–H and O–H groups in total. The van der Waals surface area contributed by atoms with Crippen LogP contribution in [-0.2, 0) is 4.79 Å². The zero-order valence-electron chi connectivity index (χ0n) is 12.1. The number of carbonyl (C=O) groups is 1. The van der Waals surface area contributed by atoms with Crippen molar-refractivity contribution in [1.29, 1.82) is 0 Å². The molecular weight excluding hydrogens is 307 g/mol. The molecular formula is C14H17FN4O2S. The van der Waals surface area contributed by atoms with Gasteiger partial charge in [0.2, 0.25) is 17.6 Å². The molecule has 3 heterocycles. The van der Waals surface area contributed by atoms with E-state index in [1.54, 1.807) is 11.1 Å². The second-order valence-electron chi connectivity index (χ2n) is 5.24. The Morgan fingerprint density at radius 1 is 1.45 bits per heavy atom. The van der Waals surface area contributed by atoms with Crippen LogP contribution in [0.4, 0.5) is 4.39 Å². The Hall–Kier alpha value is -1.83. The molecule has 22 heavy (non-hydrogen) atoms. The van der Waals surface area contributed by atoms with E-state index in [2.05, 4.69) is 15.1 Å². The third kappa shape index (κ3) is 3.32. The molecule has 0 aromatic carbocycles. The van der Waals surface area contributed by atoms with Gasteiger partial charge in [-0.05, 0) is 19.3 Å². The summed E-state index contributed by atoms with van der Waals surface area (Å²) < 4.78 is 17.5. The summed E-state index contributed by atoms with van der Waals surface area (Å²) in [6.45, 7) is 0.874. The maximum Gasteiger partial charge on any atom is 0.231 e. The molecule has 6 nitrogen and oxygen atoms in total. The smallest absolute Gasteiger partial charge is 0.231 e. The minimum absolute atomic E-state index is 0.0325. The van der Waals surface area contributed by atoms with E-state index in [4.69, 9.17) is 4.52 Å². The van der Waals surface area contributed by atoms with Gasteiger partial charge in [-0.15, -0.1) is 11.3 Å². The van der Waals surface area contributed by atoms with E-state index in [0.29, 0.717) is 31.2 Å². The minimum atomic E-state index is -0.441. The summed E-state index contributed by atoms with van der Waals surface area (Å²) in [6, 6.07) is 0. The summed E-state index contributed by atoms with van der Waals surface area (Å²) in [7, 11) is 0. The molecule has 0 spiro atoms. The van der Waals surface area contributed by atoms with Crippen LogP contribution in [0.2, 0.25) is 0 Å². The first-order valence-electron chi connectivity index (χ1n) is 7.35. The molecule has 2 aromatic rings.